The summed E-state index contributed by atoms with van der Waals surface area (Å²) in [4.78, 5) is 2.33. The van der Waals surface area contributed by atoms with Crippen LogP contribution in [-0.2, 0) is 13.0 Å². The molecule has 0 saturated heterocycles. The third-order valence-electron chi connectivity index (χ3n) is 4.99. The molecule has 2 heterocycles. The van der Waals surface area contributed by atoms with Crippen LogP contribution >= 0.6 is 0 Å². The quantitative estimate of drug-likeness (QED) is 0.833. The Hall–Kier alpha value is -2.48. The normalized spacial score (nSPS) is 15.8. The lowest BCUT2D eigenvalue weighted by atomic mass is 10.0. The Morgan fingerprint density at radius 1 is 1.13 bits per heavy atom. The molecule has 4 rings (SSSR count). The molecule has 0 aliphatic carbocycles. The highest BCUT2D eigenvalue weighted by atomic mass is 15.2. The predicted molar refractivity (Wildman–Crippen MR) is 99.6 cm³/mol. The van der Waals surface area contributed by atoms with Gasteiger partial charge in [-0.2, -0.15) is 0 Å². The number of nitrogens with zero attached hydrogens (tertiary/aromatic N) is 1. The van der Waals surface area contributed by atoms with E-state index in [9.17, 15) is 0 Å². The van der Waals surface area contributed by atoms with Gasteiger partial charge in [-0.15, -0.1) is 0 Å². The SMILES string of the molecule is C=C1c2cc(CC)ccc2CN1c1ccc2c(c1)C(C)=CCN2. The lowest BCUT2D eigenvalue weighted by molar-refractivity contribution is 1.04. The number of hydrogen-bond acceptors (Lipinski definition) is 2. The molecule has 0 radical (unpaired) electrons. The third kappa shape index (κ3) is 2.26. The van der Waals surface area contributed by atoms with Crippen LogP contribution in [0.4, 0.5) is 11.4 Å². The molecule has 0 aromatic heterocycles. The van der Waals surface area contributed by atoms with Crippen LogP contribution in [-0.4, -0.2) is 6.54 Å². The molecular formula is C21H22N2. The summed E-state index contributed by atoms with van der Waals surface area (Å²) in [6.07, 6.45) is 3.31. The number of aryl methyl sites for hydroxylation is 1. The molecule has 0 atom stereocenters. The van der Waals surface area contributed by atoms with Gasteiger partial charge >= 0.3 is 0 Å². The molecule has 116 valence electrons. The van der Waals surface area contributed by atoms with Crippen molar-refractivity contribution < 1.29 is 0 Å². The monoisotopic (exact) mass is 302 g/mol. The second-order valence-electron chi connectivity index (χ2n) is 6.38. The van der Waals surface area contributed by atoms with Gasteiger partial charge in [0, 0.05) is 41.3 Å². The van der Waals surface area contributed by atoms with Gasteiger partial charge in [-0.05, 0) is 54.3 Å². The Kier molecular flexibility index (Phi) is 3.26. The van der Waals surface area contributed by atoms with Gasteiger partial charge in [-0.3, -0.25) is 0 Å². The fourth-order valence-corrected chi connectivity index (χ4v) is 3.51. The predicted octanol–water partition coefficient (Wildman–Crippen LogP) is 5.07. The van der Waals surface area contributed by atoms with Crippen LogP contribution in [0.3, 0.4) is 0 Å². The van der Waals surface area contributed by atoms with Gasteiger partial charge in [-0.25, -0.2) is 0 Å². The first-order chi connectivity index (χ1) is 11.2. The average molecular weight is 302 g/mol. The Bertz CT molecular complexity index is 830. The molecule has 23 heavy (non-hydrogen) atoms. The summed E-state index contributed by atoms with van der Waals surface area (Å²) in [6.45, 7) is 10.6. The Balaban J connectivity index is 1.72. The molecular weight excluding hydrogens is 280 g/mol. The molecule has 1 N–H and O–H groups in total. The maximum atomic E-state index is 4.36. The molecule has 2 heteroatoms. The number of benzene rings is 2. The van der Waals surface area contributed by atoms with E-state index in [1.54, 1.807) is 0 Å². The summed E-state index contributed by atoms with van der Waals surface area (Å²) >= 11 is 0. The van der Waals surface area contributed by atoms with Crippen LogP contribution in [0.2, 0.25) is 0 Å². The standard InChI is InChI=1S/C21H22N2/c1-4-16-5-6-17-13-23(15(3)20(17)11-16)18-7-8-21-19(12-18)14(2)9-10-22-21/h5-9,11-12,22H,3-4,10,13H2,1-2H3. The van der Waals surface area contributed by atoms with E-state index in [4.69, 9.17) is 0 Å². The van der Waals surface area contributed by atoms with Crippen LogP contribution in [0.25, 0.3) is 11.3 Å². The van der Waals surface area contributed by atoms with Gasteiger partial charge in [0.25, 0.3) is 0 Å². The molecule has 2 aromatic carbocycles. The lowest BCUT2D eigenvalue weighted by Gasteiger charge is -2.24. The minimum atomic E-state index is 0.910. The number of fused-ring (bicyclic) bond motifs is 2. The van der Waals surface area contributed by atoms with Crippen molar-refractivity contribution in [2.24, 2.45) is 0 Å². The smallest absolute Gasteiger partial charge is 0.0488 e. The van der Waals surface area contributed by atoms with Crippen molar-refractivity contribution in [2.75, 3.05) is 16.8 Å². The van der Waals surface area contributed by atoms with Crippen molar-refractivity contribution in [3.05, 3.63) is 71.3 Å². The molecule has 2 aliphatic heterocycles. The second-order valence-corrected chi connectivity index (χ2v) is 6.38. The van der Waals surface area contributed by atoms with E-state index in [1.165, 1.54) is 39.2 Å². The largest absolute Gasteiger partial charge is 0.381 e. The maximum absolute atomic E-state index is 4.36. The lowest BCUT2D eigenvalue weighted by Crippen LogP contribution is -2.14. The van der Waals surface area contributed by atoms with Gasteiger partial charge in [0.2, 0.25) is 0 Å². The summed E-state index contributed by atoms with van der Waals surface area (Å²) < 4.78 is 0. The number of rotatable bonds is 2. The zero-order valence-corrected chi connectivity index (χ0v) is 13.8. The highest BCUT2D eigenvalue weighted by Gasteiger charge is 2.24. The fraction of sp³-hybridized carbons (Fsp3) is 0.238. The van der Waals surface area contributed by atoms with Crippen LogP contribution in [0, 0.1) is 0 Å². The zero-order valence-electron chi connectivity index (χ0n) is 13.8. The first-order valence-corrected chi connectivity index (χ1v) is 8.31. The molecule has 0 unspecified atom stereocenters. The van der Waals surface area contributed by atoms with Crippen LogP contribution in [0.5, 0.6) is 0 Å². The van der Waals surface area contributed by atoms with E-state index >= 15 is 0 Å². The molecule has 2 aliphatic rings. The van der Waals surface area contributed by atoms with Gasteiger partial charge in [0.1, 0.15) is 0 Å². The maximum Gasteiger partial charge on any atom is 0.0488 e. The Morgan fingerprint density at radius 3 is 2.83 bits per heavy atom. The second kappa shape index (κ2) is 5.31. The molecule has 2 aromatic rings. The van der Waals surface area contributed by atoms with Gasteiger partial charge in [0.05, 0.1) is 0 Å². The van der Waals surface area contributed by atoms with E-state index in [2.05, 4.69) is 73.1 Å². The first kappa shape index (κ1) is 14.1. The average Bonchev–Trinajstić information content (AvgIpc) is 2.91. The molecule has 0 spiro atoms. The zero-order chi connectivity index (χ0) is 16.0. The Morgan fingerprint density at radius 2 is 2.00 bits per heavy atom. The third-order valence-corrected chi connectivity index (χ3v) is 4.99. The number of allylic oxidation sites excluding steroid dienone is 1. The number of anilines is 2. The van der Waals surface area contributed by atoms with Crippen molar-refractivity contribution in [2.45, 2.75) is 26.8 Å². The van der Waals surface area contributed by atoms with Crippen LogP contribution < -0.4 is 10.2 Å². The minimum Gasteiger partial charge on any atom is -0.381 e. The molecule has 0 amide bonds. The summed E-state index contributed by atoms with van der Waals surface area (Å²) in [6, 6.07) is 13.5. The van der Waals surface area contributed by atoms with E-state index < -0.39 is 0 Å². The number of hydrogen-bond donors (Lipinski definition) is 1. The van der Waals surface area contributed by atoms with Crippen LogP contribution in [0.15, 0.2) is 49.1 Å². The van der Waals surface area contributed by atoms with E-state index in [0.717, 1.165) is 25.2 Å². The van der Waals surface area contributed by atoms with E-state index in [-0.39, 0.29) is 0 Å². The highest BCUT2D eigenvalue weighted by molar-refractivity contribution is 5.87. The fourth-order valence-electron chi connectivity index (χ4n) is 3.51. The van der Waals surface area contributed by atoms with Crippen molar-refractivity contribution in [3.63, 3.8) is 0 Å². The van der Waals surface area contributed by atoms with Crippen molar-refractivity contribution in [1.29, 1.82) is 0 Å². The summed E-state index contributed by atoms with van der Waals surface area (Å²) in [7, 11) is 0. The summed E-state index contributed by atoms with van der Waals surface area (Å²) in [5.74, 6) is 0. The molecule has 0 fully saturated rings. The van der Waals surface area contributed by atoms with Gasteiger partial charge in [-0.1, -0.05) is 31.7 Å². The van der Waals surface area contributed by atoms with E-state index in [0.29, 0.717) is 0 Å². The van der Waals surface area contributed by atoms with Crippen molar-refractivity contribution in [1.82, 2.24) is 0 Å². The Labute approximate surface area is 138 Å². The van der Waals surface area contributed by atoms with Crippen LogP contribution in [0.1, 0.15) is 36.1 Å². The molecule has 0 saturated carbocycles. The first-order valence-electron chi connectivity index (χ1n) is 8.31. The molecule has 2 nitrogen and oxygen atoms in total. The highest BCUT2D eigenvalue weighted by Crippen LogP contribution is 2.39. The molecule has 0 bridgehead atoms. The number of nitrogens with one attached hydrogen (secondary N) is 1. The minimum absolute atomic E-state index is 0.910. The van der Waals surface area contributed by atoms with Crippen molar-refractivity contribution >= 4 is 22.6 Å². The summed E-state index contributed by atoms with van der Waals surface area (Å²) in [5, 5.41) is 3.44. The van der Waals surface area contributed by atoms with E-state index in [1.807, 2.05) is 0 Å². The summed E-state index contributed by atoms with van der Waals surface area (Å²) in [5.41, 5.74) is 10.2. The van der Waals surface area contributed by atoms with Crippen molar-refractivity contribution in [3.8, 4) is 0 Å². The topological polar surface area (TPSA) is 15.3 Å². The van der Waals surface area contributed by atoms with Gasteiger partial charge in [0.15, 0.2) is 0 Å². The van der Waals surface area contributed by atoms with Gasteiger partial charge < -0.3 is 10.2 Å².